The van der Waals surface area contributed by atoms with Gasteiger partial charge < -0.3 is 16.0 Å². The van der Waals surface area contributed by atoms with E-state index in [-0.39, 0.29) is 0 Å². The second-order valence-electron chi connectivity index (χ2n) is 6.86. The lowest BCUT2D eigenvalue weighted by Crippen LogP contribution is -2.31. The van der Waals surface area contributed by atoms with Crippen molar-refractivity contribution in [3.05, 3.63) is 42.4 Å². The van der Waals surface area contributed by atoms with Gasteiger partial charge in [-0.3, -0.25) is 4.72 Å². The Kier molecular flexibility index (Phi) is 4.84. The van der Waals surface area contributed by atoms with Crippen molar-refractivity contribution < 1.29 is 0 Å². The predicted octanol–water partition coefficient (Wildman–Crippen LogP) is 2.96. The first-order valence-electron chi connectivity index (χ1n) is 8.87. The maximum atomic E-state index is 6.24. The van der Waals surface area contributed by atoms with Crippen LogP contribution in [0.3, 0.4) is 0 Å². The van der Waals surface area contributed by atoms with Crippen molar-refractivity contribution in [2.24, 2.45) is 11.7 Å². The molecule has 0 radical (unpaired) electrons. The van der Waals surface area contributed by atoms with Crippen LogP contribution in [0.4, 0.5) is 5.82 Å². The molecule has 7 heteroatoms. The molecule has 5 N–H and O–H groups in total. The van der Waals surface area contributed by atoms with Gasteiger partial charge in [-0.05, 0) is 48.8 Å². The van der Waals surface area contributed by atoms with Crippen LogP contribution >= 0.6 is 11.9 Å². The van der Waals surface area contributed by atoms with Crippen molar-refractivity contribution in [3.8, 4) is 11.1 Å². The molecule has 0 unspecified atom stereocenters. The highest BCUT2D eigenvalue weighted by Crippen LogP contribution is 2.42. The first-order chi connectivity index (χ1) is 12.7. The summed E-state index contributed by atoms with van der Waals surface area (Å²) in [5.74, 6) is 1.15. The third kappa shape index (κ3) is 3.06. The lowest BCUT2D eigenvalue weighted by molar-refractivity contribution is 0.209. The topological polar surface area (TPSA) is 94.8 Å². The van der Waals surface area contributed by atoms with Crippen molar-refractivity contribution in [2.45, 2.75) is 25.4 Å². The van der Waals surface area contributed by atoms with E-state index in [0.29, 0.717) is 17.8 Å². The number of nitrogens with two attached hydrogens (primary N) is 2. The predicted molar refractivity (Wildman–Crippen MR) is 109 cm³/mol. The van der Waals surface area contributed by atoms with Gasteiger partial charge in [-0.25, -0.2) is 9.97 Å². The zero-order chi connectivity index (χ0) is 18.1. The van der Waals surface area contributed by atoms with Crippen LogP contribution in [-0.2, 0) is 6.54 Å². The summed E-state index contributed by atoms with van der Waals surface area (Å²) in [6.07, 6.45) is 7.97. The van der Waals surface area contributed by atoms with E-state index in [1.807, 2.05) is 6.26 Å². The summed E-state index contributed by atoms with van der Waals surface area (Å²) in [4.78, 5) is 8.77. The fraction of sp³-hybridized carbons (Fsp3) is 0.368. The second-order valence-corrected chi connectivity index (χ2v) is 7.56. The van der Waals surface area contributed by atoms with Gasteiger partial charge in [0.25, 0.3) is 0 Å². The van der Waals surface area contributed by atoms with Crippen molar-refractivity contribution in [3.63, 3.8) is 0 Å². The van der Waals surface area contributed by atoms with E-state index in [9.17, 15) is 0 Å². The zero-order valence-electron chi connectivity index (χ0n) is 14.9. The molecule has 6 nitrogen and oxygen atoms in total. The number of nitrogen functional groups attached to an aromatic ring is 1. The van der Waals surface area contributed by atoms with Crippen LogP contribution in [0.1, 0.15) is 24.4 Å². The van der Waals surface area contributed by atoms with Crippen LogP contribution in [0.2, 0.25) is 0 Å². The van der Waals surface area contributed by atoms with Crippen LogP contribution in [0.5, 0.6) is 0 Å². The Morgan fingerprint density at radius 1 is 1.31 bits per heavy atom. The molecule has 4 rings (SSSR count). The fourth-order valence-electron chi connectivity index (χ4n) is 3.73. The lowest BCUT2D eigenvalue weighted by Gasteiger charge is -2.35. The highest BCUT2D eigenvalue weighted by atomic mass is 32.2. The van der Waals surface area contributed by atoms with Crippen LogP contribution in [0, 0.1) is 5.92 Å². The number of hydrogen-bond acceptors (Lipinski definition) is 6. The van der Waals surface area contributed by atoms with Gasteiger partial charge >= 0.3 is 0 Å². The smallest absolute Gasteiger partial charge is 0.146 e. The monoisotopic (exact) mass is 368 g/mol. The van der Waals surface area contributed by atoms with E-state index in [2.05, 4.69) is 49.7 Å². The van der Waals surface area contributed by atoms with E-state index >= 15 is 0 Å². The molecule has 1 aromatic carbocycles. The molecule has 2 heterocycles. The summed E-state index contributed by atoms with van der Waals surface area (Å²) >= 11 is 1.62. The van der Waals surface area contributed by atoms with Gasteiger partial charge in [-0.15, -0.1) is 0 Å². The van der Waals surface area contributed by atoms with Crippen LogP contribution in [-0.4, -0.2) is 27.3 Å². The highest BCUT2D eigenvalue weighted by molar-refractivity contribution is 7.96. The molecular weight excluding hydrogens is 344 g/mol. The third-order valence-corrected chi connectivity index (χ3v) is 5.67. The van der Waals surface area contributed by atoms with Gasteiger partial charge in [0.05, 0.1) is 5.39 Å². The number of hydrogen-bond donors (Lipinski definition) is 3. The van der Waals surface area contributed by atoms with Crippen molar-refractivity contribution in [1.82, 2.24) is 19.3 Å². The van der Waals surface area contributed by atoms with Gasteiger partial charge in [0.2, 0.25) is 0 Å². The van der Waals surface area contributed by atoms with Crippen molar-refractivity contribution in [1.29, 1.82) is 0 Å². The standard InChI is InChI=1S/C19H24N6S/c1-26-24-9-12-3-2-4-14(5-12)16-10-25(15-6-13(7-15)8-20)19-17(16)18(21)22-11-23-19/h2-5,10-11,13,15,24H,6-9,20H2,1H3,(H2,21,22,23). The van der Waals surface area contributed by atoms with Crippen LogP contribution < -0.4 is 16.2 Å². The van der Waals surface area contributed by atoms with E-state index in [1.165, 1.54) is 5.56 Å². The number of rotatable bonds is 6. The molecule has 1 saturated carbocycles. The molecule has 0 bridgehead atoms. The number of nitrogens with one attached hydrogen (secondary N) is 1. The van der Waals surface area contributed by atoms with Gasteiger partial charge in [0, 0.05) is 24.3 Å². The minimum atomic E-state index is 0.440. The maximum Gasteiger partial charge on any atom is 0.146 e. The second kappa shape index (κ2) is 7.26. The normalized spacial score (nSPS) is 19.6. The van der Waals surface area contributed by atoms with Gasteiger partial charge in [0.1, 0.15) is 17.8 Å². The summed E-state index contributed by atoms with van der Waals surface area (Å²) in [7, 11) is 0. The summed E-state index contributed by atoms with van der Waals surface area (Å²) in [5, 5.41) is 0.943. The molecule has 26 heavy (non-hydrogen) atoms. The van der Waals surface area contributed by atoms with E-state index < -0.39 is 0 Å². The Hall–Kier alpha value is -2.09. The average molecular weight is 369 g/mol. The minimum Gasteiger partial charge on any atom is -0.383 e. The Balaban J connectivity index is 1.78. The molecule has 0 amide bonds. The summed E-state index contributed by atoms with van der Waals surface area (Å²) in [5.41, 5.74) is 16.4. The molecule has 1 aliphatic carbocycles. The average Bonchev–Trinajstić information content (AvgIpc) is 3.00. The van der Waals surface area contributed by atoms with Gasteiger partial charge in [-0.2, -0.15) is 0 Å². The molecule has 0 aliphatic heterocycles. The van der Waals surface area contributed by atoms with Gasteiger partial charge in [-0.1, -0.05) is 30.1 Å². The van der Waals surface area contributed by atoms with Crippen molar-refractivity contribution in [2.75, 3.05) is 18.5 Å². The molecule has 0 saturated heterocycles. The summed E-state index contributed by atoms with van der Waals surface area (Å²) < 4.78 is 5.56. The Bertz CT molecular complexity index is 916. The number of anilines is 1. The third-order valence-electron chi connectivity index (χ3n) is 5.23. The largest absolute Gasteiger partial charge is 0.383 e. The molecule has 1 aliphatic rings. The van der Waals surface area contributed by atoms with E-state index in [1.54, 1.807) is 18.3 Å². The number of benzene rings is 1. The molecule has 3 aromatic rings. The number of aromatic nitrogens is 3. The molecule has 0 spiro atoms. The van der Waals surface area contributed by atoms with Crippen LogP contribution in [0.15, 0.2) is 36.8 Å². The summed E-state index contributed by atoms with van der Waals surface area (Å²) in [6, 6.07) is 8.98. The van der Waals surface area contributed by atoms with E-state index in [0.717, 1.165) is 48.1 Å². The Morgan fingerprint density at radius 2 is 2.15 bits per heavy atom. The first-order valence-corrected chi connectivity index (χ1v) is 10.1. The van der Waals surface area contributed by atoms with Crippen molar-refractivity contribution >= 4 is 28.8 Å². The molecule has 2 aromatic heterocycles. The fourth-order valence-corrected chi connectivity index (χ4v) is 4.04. The zero-order valence-corrected chi connectivity index (χ0v) is 15.7. The lowest BCUT2D eigenvalue weighted by atomic mass is 9.80. The summed E-state index contributed by atoms with van der Waals surface area (Å²) in [6.45, 7) is 1.57. The van der Waals surface area contributed by atoms with Gasteiger partial charge in [0.15, 0.2) is 0 Å². The SMILES string of the molecule is CSNCc1cccc(-c2cn(C3CC(CN)C3)c3ncnc(N)c23)c1. The van der Waals surface area contributed by atoms with Crippen LogP contribution in [0.25, 0.3) is 22.2 Å². The molecule has 0 atom stereocenters. The highest BCUT2D eigenvalue weighted by Gasteiger charge is 2.31. The molecule has 1 fully saturated rings. The quantitative estimate of drug-likeness (QED) is 0.579. The molecular formula is C19H24N6S. The Morgan fingerprint density at radius 3 is 2.92 bits per heavy atom. The molecule has 136 valence electrons. The Labute approximate surface area is 157 Å². The number of fused-ring (bicyclic) bond motifs is 1. The first kappa shape index (κ1) is 17.3. The number of nitrogens with zero attached hydrogens (tertiary/aromatic N) is 3. The minimum absolute atomic E-state index is 0.440. The van der Waals surface area contributed by atoms with E-state index in [4.69, 9.17) is 11.5 Å². The maximum absolute atomic E-state index is 6.24.